The molecule has 0 unspecified atom stereocenters. The number of benzene rings is 2. The maximum absolute atomic E-state index is 7.09. The minimum absolute atomic E-state index is 0.0700. The van der Waals surface area contributed by atoms with Crippen molar-refractivity contribution in [2.24, 2.45) is 0 Å². The monoisotopic (exact) mass is 580 g/mol. The van der Waals surface area contributed by atoms with Crippen LogP contribution in [0.3, 0.4) is 0 Å². The molecule has 2 N–H and O–H groups in total. The Morgan fingerprint density at radius 3 is 1.05 bits per heavy atom. The first-order valence-corrected chi connectivity index (χ1v) is 29.2. The number of nitrogens with one attached hydrogen (secondary N) is 2. The van der Waals surface area contributed by atoms with Gasteiger partial charge in [0.15, 0.2) is 0 Å². The minimum atomic E-state index is -0.0700. The van der Waals surface area contributed by atoms with E-state index >= 15 is 0 Å². The van der Waals surface area contributed by atoms with Gasteiger partial charge in [-0.25, -0.2) is 0 Å². The summed E-state index contributed by atoms with van der Waals surface area (Å²) in [5.74, 6) is 0. The summed E-state index contributed by atoms with van der Waals surface area (Å²) in [6.07, 6.45) is 0. The van der Waals surface area contributed by atoms with Crippen LogP contribution >= 0.6 is 35.5 Å². The quantitative estimate of drug-likeness (QED) is 0.236. The molecule has 0 atom stereocenters. The van der Waals surface area contributed by atoms with Crippen molar-refractivity contribution in [3.05, 3.63) is 71.1 Å². The summed E-state index contributed by atoms with van der Waals surface area (Å²) in [7, 11) is 0. The van der Waals surface area contributed by atoms with Gasteiger partial charge in [0.05, 0.1) is 0 Å². The zero-order valence-corrected chi connectivity index (χ0v) is 19.4. The molecule has 0 fully saturated rings. The molecule has 0 aliphatic rings. The molecule has 2 aromatic carbocycles. The van der Waals surface area contributed by atoms with E-state index in [1.165, 1.54) is 11.1 Å². The van der Waals surface area contributed by atoms with Gasteiger partial charge in [-0.05, 0) is 13.8 Å². The van der Waals surface area contributed by atoms with E-state index in [2.05, 4.69) is 35.5 Å². The Kier molecular flexibility index (Phi) is 12.5. The first-order chi connectivity index (χ1) is 8.99. The topological polar surface area (TPSA) is 47.6 Å². The van der Waals surface area contributed by atoms with Crippen LogP contribution < -0.4 is 0 Å². The van der Waals surface area contributed by atoms with Crippen molar-refractivity contribution in [3.63, 3.8) is 0 Å². The predicted octanol–water partition coefficient (Wildman–Crippen LogP) is 7.13. The summed E-state index contributed by atoms with van der Waals surface area (Å²) in [6, 6.07) is 14.9. The standard InChI is InChI=1S/2C7H8N.Cd.2HI/c2*1-6-2-4-7(8)5-3-6;;;/h2*2-5,8H,1H3;;2*1H/q2*-1;+2;;/p-2. The normalized spacial score (nSPS) is 8.21. The molecule has 2 rings (SSSR count). The Hall–Kier alpha value is 0.422. The van der Waals surface area contributed by atoms with Gasteiger partial charge < -0.3 is 11.5 Å². The number of rotatable bonds is 0. The fourth-order valence-corrected chi connectivity index (χ4v) is 1.11. The van der Waals surface area contributed by atoms with E-state index in [4.69, 9.17) is 11.5 Å². The van der Waals surface area contributed by atoms with Crippen molar-refractivity contribution in [2.45, 2.75) is 13.8 Å². The first kappa shape index (κ1) is 19.4. The van der Waals surface area contributed by atoms with E-state index in [0.717, 1.165) is 0 Å². The predicted molar refractivity (Wildman–Crippen MR) is 98.4 cm³/mol. The Balaban J connectivity index is 0.000000284. The van der Waals surface area contributed by atoms with Crippen LogP contribution in [0, 0.1) is 13.8 Å². The Morgan fingerprint density at radius 2 is 0.895 bits per heavy atom. The summed E-state index contributed by atoms with van der Waals surface area (Å²) < 4.78 is 0. The molecular formula is C14H16CdI2N2-2. The van der Waals surface area contributed by atoms with Crippen molar-refractivity contribution in [3.8, 4) is 0 Å². The second-order valence-electron chi connectivity index (χ2n) is 3.83. The second kappa shape index (κ2) is 12.2. The molecule has 0 radical (unpaired) electrons. The van der Waals surface area contributed by atoms with Crippen molar-refractivity contribution in [2.75, 3.05) is 0 Å². The number of aryl methyl sites for hydroxylation is 2. The summed E-state index contributed by atoms with van der Waals surface area (Å²) in [4.78, 5) is 0. The summed E-state index contributed by atoms with van der Waals surface area (Å²) in [5, 5.41) is 0. The van der Waals surface area contributed by atoms with Gasteiger partial charge in [-0.2, -0.15) is 0 Å². The van der Waals surface area contributed by atoms with Crippen LogP contribution in [0.15, 0.2) is 48.5 Å². The van der Waals surface area contributed by atoms with Gasteiger partial charge in [0.25, 0.3) is 0 Å². The molecule has 0 saturated heterocycles. The molecule has 0 spiro atoms. The molecule has 0 aromatic heterocycles. The van der Waals surface area contributed by atoms with E-state index in [-0.39, 0.29) is 15.6 Å². The van der Waals surface area contributed by atoms with Crippen LogP contribution in [-0.2, 0) is 15.6 Å². The van der Waals surface area contributed by atoms with Crippen LogP contribution in [0.5, 0.6) is 0 Å². The molecule has 5 heteroatoms. The Bertz CT molecular complexity index is 359. The van der Waals surface area contributed by atoms with Gasteiger partial charge in [-0.3, -0.25) is 0 Å². The molecule has 0 bridgehead atoms. The molecular weight excluding hydrogens is 562 g/mol. The van der Waals surface area contributed by atoms with E-state index < -0.39 is 0 Å². The van der Waals surface area contributed by atoms with Gasteiger partial charge in [-0.15, -0.1) is 11.4 Å². The zero-order chi connectivity index (χ0) is 14.7. The Morgan fingerprint density at radius 1 is 0.684 bits per heavy atom. The third-order valence-electron chi connectivity index (χ3n) is 2.10. The van der Waals surface area contributed by atoms with E-state index in [0.29, 0.717) is 11.4 Å². The third-order valence-corrected chi connectivity index (χ3v) is 2.10. The molecule has 2 aromatic rings. The number of hydrogen-bond donors (Lipinski definition) is 0. The SMILES string of the molecule is Cc1ccc([NH-])cc1.Cc1ccc([NH-])cc1.[I][Cd][I]. The molecule has 0 saturated carbocycles. The van der Waals surface area contributed by atoms with Gasteiger partial charge in [0, 0.05) is 0 Å². The summed E-state index contributed by atoms with van der Waals surface area (Å²) in [5.41, 5.74) is 17.8. The molecule has 100 valence electrons. The average Bonchev–Trinajstić information content (AvgIpc) is 2.38. The summed E-state index contributed by atoms with van der Waals surface area (Å²) in [6.45, 7) is 4.03. The fraction of sp³-hybridized carbons (Fsp3) is 0.143. The maximum atomic E-state index is 7.09. The van der Waals surface area contributed by atoms with Gasteiger partial charge in [0.1, 0.15) is 0 Å². The average molecular weight is 579 g/mol. The van der Waals surface area contributed by atoms with Gasteiger partial charge in [-0.1, -0.05) is 59.7 Å². The van der Waals surface area contributed by atoms with Crippen LogP contribution in [0.25, 0.3) is 11.5 Å². The van der Waals surface area contributed by atoms with Gasteiger partial charge >= 0.3 is 51.2 Å². The van der Waals surface area contributed by atoms with Crippen molar-refractivity contribution < 1.29 is 15.6 Å². The zero-order valence-electron chi connectivity index (χ0n) is 11.1. The second-order valence-corrected chi connectivity index (χ2v) is 34.2. The molecule has 0 aliphatic heterocycles. The third kappa shape index (κ3) is 11.9. The van der Waals surface area contributed by atoms with Crippen LogP contribution in [0.1, 0.15) is 11.1 Å². The molecule has 0 heterocycles. The van der Waals surface area contributed by atoms with Gasteiger partial charge in [0.2, 0.25) is 0 Å². The number of halogens is 2. The van der Waals surface area contributed by atoms with E-state index in [1.807, 2.05) is 38.1 Å². The molecule has 2 nitrogen and oxygen atoms in total. The molecule has 0 aliphatic carbocycles. The summed E-state index contributed by atoms with van der Waals surface area (Å²) >= 11 is 4.90. The van der Waals surface area contributed by atoms with E-state index in [9.17, 15) is 0 Å². The van der Waals surface area contributed by atoms with Crippen LogP contribution in [-0.4, -0.2) is 0 Å². The van der Waals surface area contributed by atoms with Crippen molar-refractivity contribution in [1.29, 1.82) is 0 Å². The number of hydrogen-bond acceptors (Lipinski definition) is 0. The molecule has 0 amide bonds. The fourth-order valence-electron chi connectivity index (χ4n) is 1.11. The Labute approximate surface area is 145 Å². The van der Waals surface area contributed by atoms with Crippen molar-refractivity contribution in [1.82, 2.24) is 0 Å². The van der Waals surface area contributed by atoms with Crippen LogP contribution in [0.4, 0.5) is 11.4 Å². The van der Waals surface area contributed by atoms with E-state index in [1.54, 1.807) is 24.3 Å². The van der Waals surface area contributed by atoms with Crippen molar-refractivity contribution >= 4 is 46.9 Å². The van der Waals surface area contributed by atoms with Crippen LogP contribution in [0.2, 0.25) is 0 Å². The first-order valence-electron chi connectivity index (χ1n) is 5.68. The molecule has 19 heavy (non-hydrogen) atoms.